The normalized spacial score (nSPS) is 20.6. The fourth-order valence-electron chi connectivity index (χ4n) is 12.3. The molecule has 24 nitrogen and oxygen atoms in total. The van der Waals surface area contributed by atoms with Crippen molar-refractivity contribution in [2.24, 2.45) is 23.7 Å². The Labute approximate surface area is 499 Å². The lowest BCUT2D eigenvalue weighted by molar-refractivity contribution is -0.121. The van der Waals surface area contributed by atoms with Gasteiger partial charge in [0.15, 0.2) is 0 Å². The van der Waals surface area contributed by atoms with Gasteiger partial charge in [-0.2, -0.15) is 9.97 Å². The molecule has 6 aliphatic rings. The van der Waals surface area contributed by atoms with E-state index in [1.165, 1.54) is 12.8 Å². The zero-order valence-corrected chi connectivity index (χ0v) is 50.9. The van der Waals surface area contributed by atoms with Gasteiger partial charge in [0, 0.05) is 115 Å². The number of aromatic nitrogens is 8. The van der Waals surface area contributed by atoms with Crippen molar-refractivity contribution in [3.8, 4) is 0 Å². The van der Waals surface area contributed by atoms with Crippen LogP contribution in [0.3, 0.4) is 0 Å². The van der Waals surface area contributed by atoms with Crippen LogP contribution in [0.25, 0.3) is 22.1 Å². The van der Waals surface area contributed by atoms with Crippen LogP contribution >= 0.6 is 11.6 Å². The molecule has 12 rings (SSSR count). The van der Waals surface area contributed by atoms with E-state index in [4.69, 9.17) is 31.8 Å². The van der Waals surface area contributed by atoms with Crippen LogP contribution in [-0.4, -0.2) is 173 Å². The zero-order valence-electron chi connectivity index (χ0n) is 50.1. The van der Waals surface area contributed by atoms with Gasteiger partial charge in [-0.25, -0.2) is 29.5 Å². The van der Waals surface area contributed by atoms with E-state index in [0.717, 1.165) is 66.3 Å². The van der Waals surface area contributed by atoms with Crippen molar-refractivity contribution >= 4 is 98.4 Å². The molecule has 0 radical (unpaired) electrons. The Morgan fingerprint density at radius 3 is 1.45 bits per heavy atom. The maximum atomic E-state index is 13.2. The van der Waals surface area contributed by atoms with Gasteiger partial charge >= 0.3 is 12.2 Å². The average molecular weight is 1190 g/mol. The SMILES string of the molecule is CC(C)(C)OC(=O)N1CC2CN(c3ccc(N)nc3)C(=O)C2C1.CN(C)C(=O)c1cc2cnc(Cl)nc2n1C1CCCC1.CN(C)C(=O)c1cc2cnc(Nc3ccc(N4CC5CN(C(=O)OC(C)(C)C)CC5C4=O)cn3)nc2n1C1CCCC1. The van der Waals surface area contributed by atoms with E-state index in [0.29, 0.717) is 80.0 Å². The number of fused-ring (bicyclic) bond motifs is 4. The van der Waals surface area contributed by atoms with Crippen LogP contribution in [0.4, 0.5) is 38.5 Å². The van der Waals surface area contributed by atoms with Crippen LogP contribution in [0.2, 0.25) is 5.28 Å². The molecular weight excluding hydrogens is 1110 g/mol. The van der Waals surface area contributed by atoms with Crippen molar-refractivity contribution < 1.29 is 38.2 Å². The van der Waals surface area contributed by atoms with Gasteiger partial charge in [0.25, 0.3) is 11.8 Å². The first kappa shape index (κ1) is 60.0. The smallest absolute Gasteiger partial charge is 0.410 e. The lowest BCUT2D eigenvalue weighted by Crippen LogP contribution is -2.38. The van der Waals surface area contributed by atoms with E-state index < -0.39 is 11.2 Å². The summed E-state index contributed by atoms with van der Waals surface area (Å²) in [5, 5.41) is 5.09. The fourth-order valence-corrected chi connectivity index (χ4v) is 12.5. The van der Waals surface area contributed by atoms with E-state index in [9.17, 15) is 28.8 Å². The van der Waals surface area contributed by atoms with E-state index in [-0.39, 0.29) is 70.8 Å². The molecule has 0 aromatic carbocycles. The quantitative estimate of drug-likeness (QED) is 0.135. The molecule has 6 aromatic rings. The third-order valence-electron chi connectivity index (χ3n) is 16.3. The Morgan fingerprint density at radius 2 is 1.04 bits per heavy atom. The molecule has 6 aromatic heterocycles. The summed E-state index contributed by atoms with van der Waals surface area (Å²) >= 11 is 5.92. The Kier molecular flexibility index (Phi) is 17.0. The number of ether oxygens (including phenoxy) is 2. The van der Waals surface area contributed by atoms with Crippen molar-refractivity contribution in [1.82, 2.24) is 58.6 Å². The molecule has 6 fully saturated rings. The molecule has 10 heterocycles. The summed E-state index contributed by atoms with van der Waals surface area (Å²) < 4.78 is 15.0. The number of likely N-dealkylation sites (tertiary alicyclic amines) is 2. The van der Waals surface area contributed by atoms with Gasteiger partial charge < -0.3 is 59.1 Å². The Balaban J connectivity index is 0.000000157. The van der Waals surface area contributed by atoms with Crippen LogP contribution in [0, 0.1) is 23.7 Å². The largest absolute Gasteiger partial charge is 0.444 e. The highest BCUT2D eigenvalue weighted by molar-refractivity contribution is 6.28. The highest BCUT2D eigenvalue weighted by atomic mass is 35.5. The molecule has 2 aliphatic carbocycles. The Bertz CT molecular complexity index is 3490. The monoisotopic (exact) mass is 1180 g/mol. The van der Waals surface area contributed by atoms with Gasteiger partial charge in [-0.1, -0.05) is 25.7 Å². The maximum absolute atomic E-state index is 13.2. The second-order valence-electron chi connectivity index (χ2n) is 25.3. The minimum absolute atomic E-state index is 0.00176. The highest BCUT2D eigenvalue weighted by Gasteiger charge is 2.50. The van der Waals surface area contributed by atoms with E-state index >= 15 is 0 Å². The van der Waals surface area contributed by atoms with Crippen LogP contribution in [0.5, 0.6) is 0 Å². The van der Waals surface area contributed by atoms with Crippen molar-refractivity contribution in [2.45, 2.75) is 116 Å². The van der Waals surface area contributed by atoms with E-state index in [2.05, 4.69) is 39.4 Å². The third kappa shape index (κ3) is 13.1. The number of nitrogen functional groups attached to an aromatic ring is 1. The fraction of sp³-hybridized carbons (Fsp3) is 0.533. The first-order chi connectivity index (χ1) is 40.3. The molecule has 4 unspecified atom stereocenters. The molecule has 0 bridgehead atoms. The van der Waals surface area contributed by atoms with Crippen molar-refractivity contribution in [2.75, 3.05) is 88.3 Å². The summed E-state index contributed by atoms with van der Waals surface area (Å²) in [5.41, 5.74) is 8.75. The Morgan fingerprint density at radius 1 is 0.588 bits per heavy atom. The molecule has 2 saturated carbocycles. The number of halogens is 1. The lowest BCUT2D eigenvalue weighted by atomic mass is 10.0. The molecule has 6 amide bonds. The summed E-state index contributed by atoms with van der Waals surface area (Å²) in [6, 6.07) is 11.4. The van der Waals surface area contributed by atoms with Gasteiger partial charge in [0.05, 0.1) is 35.6 Å². The summed E-state index contributed by atoms with van der Waals surface area (Å²) in [4.78, 5) is 112. The molecule has 4 saturated heterocycles. The number of hydrogen-bond donors (Lipinski definition) is 2. The summed E-state index contributed by atoms with van der Waals surface area (Å²) in [6.07, 6.45) is 14.8. The van der Waals surface area contributed by atoms with Crippen LogP contribution in [0.15, 0.2) is 61.2 Å². The number of pyridine rings is 2. The minimum atomic E-state index is -0.572. The summed E-state index contributed by atoms with van der Waals surface area (Å²) in [6.45, 7) is 14.0. The zero-order chi connectivity index (χ0) is 60.8. The second kappa shape index (κ2) is 24.1. The number of nitrogens with zero attached hydrogens (tertiary/aromatic N) is 14. The number of rotatable bonds is 8. The topological polar surface area (TPSA) is 266 Å². The predicted octanol–water partition coefficient (Wildman–Crippen LogP) is 8.61. The van der Waals surface area contributed by atoms with Gasteiger partial charge in [-0.05, 0) is 115 Å². The number of hydrogen-bond acceptors (Lipinski definition) is 16. The first-order valence-electron chi connectivity index (χ1n) is 29.2. The van der Waals surface area contributed by atoms with Crippen LogP contribution in [0.1, 0.15) is 126 Å². The number of carbonyl (C=O) groups excluding carboxylic acids is 6. The second-order valence-corrected chi connectivity index (χ2v) is 25.7. The maximum Gasteiger partial charge on any atom is 0.410 e. The first-order valence-corrected chi connectivity index (χ1v) is 29.6. The van der Waals surface area contributed by atoms with Gasteiger partial charge in [0.1, 0.15) is 45.5 Å². The molecule has 25 heteroatoms. The van der Waals surface area contributed by atoms with E-state index in [1.54, 1.807) is 101 Å². The van der Waals surface area contributed by atoms with Crippen LogP contribution < -0.4 is 20.9 Å². The molecular formula is C60H77ClN16O8. The average Bonchev–Trinajstić information content (AvgIpc) is 1.81. The van der Waals surface area contributed by atoms with Gasteiger partial charge in [0.2, 0.25) is 23.0 Å². The Hall–Kier alpha value is -8.15. The minimum Gasteiger partial charge on any atom is -0.444 e. The summed E-state index contributed by atoms with van der Waals surface area (Å²) in [5.74, 6) is 1.12. The third-order valence-corrected chi connectivity index (χ3v) is 16.5. The molecule has 452 valence electrons. The summed E-state index contributed by atoms with van der Waals surface area (Å²) in [7, 11) is 7.04. The predicted molar refractivity (Wildman–Crippen MR) is 322 cm³/mol. The van der Waals surface area contributed by atoms with Crippen LogP contribution in [-0.2, 0) is 19.1 Å². The van der Waals surface area contributed by atoms with Crippen molar-refractivity contribution in [1.29, 1.82) is 0 Å². The molecule has 0 spiro atoms. The molecule has 4 aliphatic heterocycles. The number of nitrogens with two attached hydrogens (primary N) is 1. The lowest BCUT2D eigenvalue weighted by Gasteiger charge is -2.26. The standard InChI is InChI=1S/C30H38N8O4.C16H22N4O3.C14H17ClN4O/c1-30(2,3)42-29(41)36-15-19-16-37(26(39)22(19)17-36)21-10-11-24(31-14-21)33-28-32-13-18-12-23(27(40)35(4)5)38(25(18)34-28)20-8-6-7-9-20;1-16(2,3)23-15(22)19-7-10-8-20(14(21)12(10)9-19)11-4-5-13(17)18-6-11;1-18(2)13(20)11-7-9-8-16-14(15)17-12(9)19(11)10-5-3-4-6-10/h10-14,19-20,22H,6-9,15-17H2,1-5H3,(H,31,32,33,34);4-6,10,12H,7-9H2,1-3H3,(H2,17,18);7-8,10H,3-6H2,1-2H3. The molecule has 3 N–H and O–H groups in total. The van der Waals surface area contributed by atoms with Crippen molar-refractivity contribution in [3.05, 3.63) is 77.9 Å². The molecule has 85 heavy (non-hydrogen) atoms. The van der Waals surface area contributed by atoms with Gasteiger partial charge in [-0.3, -0.25) is 19.2 Å². The number of carbonyl (C=O) groups is 6. The number of amides is 6. The molecule has 4 atom stereocenters. The van der Waals surface area contributed by atoms with Gasteiger partial charge in [-0.15, -0.1) is 0 Å². The number of nitrogens with one attached hydrogen (secondary N) is 1. The van der Waals surface area contributed by atoms with Crippen molar-refractivity contribution in [3.63, 3.8) is 0 Å². The highest BCUT2D eigenvalue weighted by Crippen LogP contribution is 2.40. The van der Waals surface area contributed by atoms with E-state index in [1.807, 2.05) is 59.7 Å². The number of anilines is 5.